The first-order valence-electron chi connectivity index (χ1n) is 8.41. The van der Waals surface area contributed by atoms with Crippen LogP contribution in [-0.4, -0.2) is 42.1 Å². The molecule has 1 aliphatic heterocycles. The van der Waals surface area contributed by atoms with Crippen molar-refractivity contribution in [2.45, 2.75) is 25.7 Å². The number of nitrogens with zero attached hydrogens (tertiary/aromatic N) is 2. The molecule has 0 unspecified atom stereocenters. The topological polar surface area (TPSA) is 58.4 Å². The van der Waals surface area contributed by atoms with Gasteiger partial charge < -0.3 is 14.7 Å². The molecule has 0 atom stereocenters. The Morgan fingerprint density at radius 2 is 2.00 bits per heavy atom. The van der Waals surface area contributed by atoms with Crippen LogP contribution in [0.15, 0.2) is 35.0 Å². The number of carbonyl (C=O) groups is 1. The molecule has 0 spiro atoms. The van der Waals surface area contributed by atoms with Crippen molar-refractivity contribution in [1.82, 2.24) is 15.4 Å². The first-order valence-corrected chi connectivity index (χ1v) is 8.41. The summed E-state index contributed by atoms with van der Waals surface area (Å²) in [5, 5.41) is 6.76. The maximum Gasteiger partial charge on any atom is 0.220 e. The molecule has 1 aromatic heterocycles. The van der Waals surface area contributed by atoms with Gasteiger partial charge in [0, 0.05) is 30.6 Å². The molecule has 1 aliphatic rings. The van der Waals surface area contributed by atoms with E-state index in [1.807, 2.05) is 0 Å². The van der Waals surface area contributed by atoms with Crippen LogP contribution in [0.1, 0.15) is 24.8 Å². The number of rotatable bonds is 7. The second-order valence-corrected chi connectivity index (χ2v) is 6.09. The first kappa shape index (κ1) is 16.6. The van der Waals surface area contributed by atoms with Gasteiger partial charge in [0.15, 0.2) is 5.76 Å². The molecule has 1 amide bonds. The van der Waals surface area contributed by atoms with Crippen LogP contribution >= 0.6 is 0 Å². The quantitative estimate of drug-likeness (QED) is 0.847. The Hall–Kier alpha value is -2.21. The number of aromatic nitrogens is 1. The van der Waals surface area contributed by atoms with Crippen LogP contribution in [0.3, 0.4) is 0 Å². The zero-order valence-electron chi connectivity index (χ0n) is 13.6. The van der Waals surface area contributed by atoms with E-state index in [1.54, 1.807) is 18.3 Å². The largest absolute Gasteiger partial charge is 0.356 e. The zero-order chi connectivity index (χ0) is 16.8. The Morgan fingerprint density at radius 1 is 1.25 bits per heavy atom. The summed E-state index contributed by atoms with van der Waals surface area (Å²) in [5.74, 6) is 0.331. The van der Waals surface area contributed by atoms with Crippen LogP contribution in [0.2, 0.25) is 0 Å². The molecule has 0 radical (unpaired) electrons. The highest BCUT2D eigenvalue weighted by Gasteiger charge is 2.14. The molecule has 2 heterocycles. The van der Waals surface area contributed by atoms with Crippen LogP contribution < -0.4 is 5.32 Å². The summed E-state index contributed by atoms with van der Waals surface area (Å²) in [6, 6.07) is 6.06. The number of hydrogen-bond donors (Lipinski definition) is 1. The maximum atomic E-state index is 13.0. The normalized spacial score (nSPS) is 14.9. The van der Waals surface area contributed by atoms with E-state index in [0.717, 1.165) is 30.8 Å². The number of likely N-dealkylation sites (tertiary alicyclic amines) is 1. The Bertz CT molecular complexity index is 663. The van der Waals surface area contributed by atoms with E-state index in [1.165, 1.54) is 25.0 Å². The molecule has 5 nitrogen and oxygen atoms in total. The van der Waals surface area contributed by atoms with Crippen molar-refractivity contribution >= 4 is 5.91 Å². The Balaban J connectivity index is 1.47. The fourth-order valence-electron chi connectivity index (χ4n) is 2.97. The summed E-state index contributed by atoms with van der Waals surface area (Å²) in [6.07, 6.45) is 5.07. The number of hydrogen-bond acceptors (Lipinski definition) is 4. The van der Waals surface area contributed by atoms with E-state index in [0.29, 0.717) is 25.1 Å². The number of nitrogens with one attached hydrogen (secondary N) is 1. The second kappa shape index (κ2) is 8.06. The van der Waals surface area contributed by atoms with Crippen LogP contribution in [0.5, 0.6) is 0 Å². The molecule has 1 aromatic carbocycles. The van der Waals surface area contributed by atoms with E-state index in [-0.39, 0.29) is 11.7 Å². The van der Waals surface area contributed by atoms with Crippen molar-refractivity contribution in [3.63, 3.8) is 0 Å². The number of aryl methyl sites for hydroxylation is 1. The van der Waals surface area contributed by atoms with Gasteiger partial charge in [0.25, 0.3) is 0 Å². The monoisotopic (exact) mass is 331 g/mol. The van der Waals surface area contributed by atoms with Gasteiger partial charge in [-0.05, 0) is 56.6 Å². The van der Waals surface area contributed by atoms with Gasteiger partial charge in [-0.15, -0.1) is 0 Å². The van der Waals surface area contributed by atoms with Crippen molar-refractivity contribution < 1.29 is 13.7 Å². The lowest BCUT2D eigenvalue weighted by molar-refractivity contribution is -0.121. The maximum absolute atomic E-state index is 13.0. The van der Waals surface area contributed by atoms with E-state index in [9.17, 15) is 9.18 Å². The standard InChI is InChI=1S/C18H22FN3O2/c19-16-6-3-14(4-7-16)18-15(13-21-24-18)5-8-17(23)20-9-12-22-10-1-2-11-22/h3-4,6-7,13H,1-2,5,8-12H2,(H,20,23). The van der Waals surface area contributed by atoms with Crippen molar-refractivity contribution in [3.8, 4) is 11.3 Å². The van der Waals surface area contributed by atoms with Crippen LogP contribution in [0.25, 0.3) is 11.3 Å². The van der Waals surface area contributed by atoms with Gasteiger partial charge in [0.2, 0.25) is 5.91 Å². The Labute approximate surface area is 140 Å². The molecule has 0 bridgehead atoms. The predicted molar refractivity (Wildman–Crippen MR) is 88.9 cm³/mol. The second-order valence-electron chi connectivity index (χ2n) is 6.09. The van der Waals surface area contributed by atoms with E-state index < -0.39 is 0 Å². The number of benzene rings is 1. The number of halogens is 1. The van der Waals surface area contributed by atoms with E-state index in [2.05, 4.69) is 15.4 Å². The molecular formula is C18H22FN3O2. The third-order valence-corrected chi connectivity index (χ3v) is 4.32. The summed E-state index contributed by atoms with van der Waals surface area (Å²) >= 11 is 0. The molecule has 2 aromatic rings. The Morgan fingerprint density at radius 3 is 2.75 bits per heavy atom. The average molecular weight is 331 g/mol. The highest BCUT2D eigenvalue weighted by atomic mass is 19.1. The predicted octanol–water partition coefficient (Wildman–Crippen LogP) is 2.63. The first-order chi connectivity index (χ1) is 11.7. The van der Waals surface area contributed by atoms with Gasteiger partial charge in [-0.2, -0.15) is 0 Å². The van der Waals surface area contributed by atoms with Crippen LogP contribution in [0.4, 0.5) is 4.39 Å². The fraction of sp³-hybridized carbons (Fsp3) is 0.444. The van der Waals surface area contributed by atoms with Crippen molar-refractivity contribution in [1.29, 1.82) is 0 Å². The van der Waals surface area contributed by atoms with Crippen LogP contribution in [0, 0.1) is 5.82 Å². The fourth-order valence-corrected chi connectivity index (χ4v) is 2.97. The SMILES string of the molecule is O=C(CCc1cnoc1-c1ccc(F)cc1)NCCN1CCCC1. The molecule has 128 valence electrons. The molecule has 1 N–H and O–H groups in total. The lowest BCUT2D eigenvalue weighted by atomic mass is 10.1. The van der Waals surface area contributed by atoms with E-state index >= 15 is 0 Å². The minimum Gasteiger partial charge on any atom is -0.356 e. The highest BCUT2D eigenvalue weighted by Crippen LogP contribution is 2.24. The molecule has 6 heteroatoms. The van der Waals surface area contributed by atoms with Gasteiger partial charge in [-0.25, -0.2) is 4.39 Å². The lowest BCUT2D eigenvalue weighted by Gasteiger charge is -2.14. The van der Waals surface area contributed by atoms with Gasteiger partial charge in [-0.3, -0.25) is 4.79 Å². The summed E-state index contributed by atoms with van der Waals surface area (Å²) in [4.78, 5) is 14.3. The molecule has 24 heavy (non-hydrogen) atoms. The zero-order valence-corrected chi connectivity index (χ0v) is 13.6. The molecular weight excluding hydrogens is 309 g/mol. The average Bonchev–Trinajstić information content (AvgIpc) is 3.25. The van der Waals surface area contributed by atoms with Gasteiger partial charge in [-0.1, -0.05) is 5.16 Å². The van der Waals surface area contributed by atoms with Crippen molar-refractivity contribution in [2.75, 3.05) is 26.2 Å². The minimum atomic E-state index is -0.294. The highest BCUT2D eigenvalue weighted by molar-refractivity contribution is 5.76. The summed E-state index contributed by atoms with van der Waals surface area (Å²) in [5.41, 5.74) is 1.62. The van der Waals surface area contributed by atoms with Gasteiger partial charge >= 0.3 is 0 Å². The smallest absolute Gasteiger partial charge is 0.220 e. The summed E-state index contributed by atoms with van der Waals surface area (Å²) < 4.78 is 18.3. The van der Waals surface area contributed by atoms with Crippen LogP contribution in [-0.2, 0) is 11.2 Å². The van der Waals surface area contributed by atoms with E-state index in [4.69, 9.17) is 4.52 Å². The molecule has 1 saturated heterocycles. The Kier molecular flexibility index (Phi) is 5.59. The van der Waals surface area contributed by atoms with Gasteiger partial charge in [0.1, 0.15) is 5.82 Å². The van der Waals surface area contributed by atoms with Gasteiger partial charge in [0.05, 0.1) is 6.20 Å². The molecule has 3 rings (SSSR count). The third kappa shape index (κ3) is 4.41. The summed E-state index contributed by atoms with van der Waals surface area (Å²) in [7, 11) is 0. The summed E-state index contributed by atoms with van der Waals surface area (Å²) in [6.45, 7) is 3.88. The lowest BCUT2D eigenvalue weighted by Crippen LogP contribution is -2.33. The number of amides is 1. The minimum absolute atomic E-state index is 0.0282. The molecule has 1 fully saturated rings. The number of carbonyl (C=O) groups excluding carboxylic acids is 1. The molecule has 0 saturated carbocycles. The third-order valence-electron chi connectivity index (χ3n) is 4.32. The molecule has 0 aliphatic carbocycles. The van der Waals surface area contributed by atoms with Crippen molar-refractivity contribution in [3.05, 3.63) is 41.8 Å². The van der Waals surface area contributed by atoms with Crippen molar-refractivity contribution in [2.24, 2.45) is 0 Å².